The van der Waals surface area contributed by atoms with Crippen LogP contribution in [0.25, 0.3) is 6.08 Å². The standard InChI is InChI=1S/C19H10BrClFN3O4/c20-14-8-10(9-15(21)16(14)29-6-5-23)7-13-17(26)24-19(28)25(18(13)27)12-3-1-11(22)2-4-12/h1-4,7-9H,6H2,(H,24,26,28)/b13-7+. The smallest absolute Gasteiger partial charge is 0.335 e. The van der Waals surface area contributed by atoms with Crippen molar-refractivity contribution in [1.82, 2.24) is 5.32 Å². The van der Waals surface area contributed by atoms with Crippen LogP contribution in [-0.4, -0.2) is 24.5 Å². The van der Waals surface area contributed by atoms with E-state index in [9.17, 15) is 18.8 Å². The van der Waals surface area contributed by atoms with E-state index in [4.69, 9.17) is 21.6 Å². The largest absolute Gasteiger partial charge is 0.476 e. The number of amides is 4. The van der Waals surface area contributed by atoms with E-state index in [0.717, 1.165) is 17.0 Å². The zero-order chi connectivity index (χ0) is 21.1. The van der Waals surface area contributed by atoms with E-state index in [1.54, 1.807) is 0 Å². The summed E-state index contributed by atoms with van der Waals surface area (Å²) in [5.74, 6) is -2.06. The molecule has 0 saturated carbocycles. The molecule has 1 aliphatic rings. The van der Waals surface area contributed by atoms with Crippen LogP contribution < -0.4 is 15.0 Å². The zero-order valence-corrected chi connectivity index (χ0v) is 16.8. The van der Waals surface area contributed by atoms with Crippen molar-refractivity contribution >= 4 is 57.1 Å². The predicted molar refractivity (Wildman–Crippen MR) is 106 cm³/mol. The monoisotopic (exact) mass is 477 g/mol. The fourth-order valence-electron chi connectivity index (χ4n) is 2.55. The highest BCUT2D eigenvalue weighted by Gasteiger charge is 2.36. The molecule has 1 heterocycles. The molecule has 0 bridgehead atoms. The first-order chi connectivity index (χ1) is 13.8. The first-order valence-corrected chi connectivity index (χ1v) is 9.14. The minimum absolute atomic E-state index is 0.103. The molecule has 146 valence electrons. The summed E-state index contributed by atoms with van der Waals surface area (Å²) in [7, 11) is 0. The van der Waals surface area contributed by atoms with Crippen molar-refractivity contribution in [3.8, 4) is 11.8 Å². The molecule has 2 aromatic rings. The number of nitrogens with one attached hydrogen (secondary N) is 1. The van der Waals surface area contributed by atoms with Gasteiger partial charge in [-0.1, -0.05) is 11.6 Å². The van der Waals surface area contributed by atoms with Crippen LogP contribution in [0.1, 0.15) is 5.56 Å². The van der Waals surface area contributed by atoms with Crippen LogP contribution in [-0.2, 0) is 9.59 Å². The number of benzene rings is 2. The molecule has 10 heteroatoms. The van der Waals surface area contributed by atoms with Gasteiger partial charge in [-0.3, -0.25) is 14.9 Å². The summed E-state index contributed by atoms with van der Waals surface area (Å²) in [6, 6.07) is 8.52. The second kappa shape index (κ2) is 8.43. The third kappa shape index (κ3) is 4.29. The Balaban J connectivity index is 1.98. The summed E-state index contributed by atoms with van der Waals surface area (Å²) in [6.45, 7) is -0.214. The Bertz CT molecular complexity index is 1070. The molecule has 1 aliphatic heterocycles. The Hall–Kier alpha value is -3.22. The average molecular weight is 479 g/mol. The molecule has 2 aromatic carbocycles. The number of halogens is 3. The number of barbiturate groups is 1. The molecular formula is C19H10BrClFN3O4. The van der Waals surface area contributed by atoms with Gasteiger partial charge >= 0.3 is 6.03 Å². The summed E-state index contributed by atoms with van der Waals surface area (Å²) in [6.07, 6.45) is 1.26. The lowest BCUT2D eigenvalue weighted by Crippen LogP contribution is -2.54. The van der Waals surface area contributed by atoms with Gasteiger partial charge in [0, 0.05) is 0 Å². The van der Waals surface area contributed by atoms with Gasteiger partial charge in [-0.2, -0.15) is 5.26 Å². The molecule has 0 spiro atoms. The quantitative estimate of drug-likeness (QED) is 0.532. The Labute approximate surface area is 177 Å². The number of nitriles is 1. The number of nitrogens with zero attached hydrogens (tertiary/aromatic N) is 2. The maximum atomic E-state index is 13.1. The first kappa shape index (κ1) is 20.5. The predicted octanol–water partition coefficient (Wildman–Crippen LogP) is 3.81. The lowest BCUT2D eigenvalue weighted by molar-refractivity contribution is -0.122. The van der Waals surface area contributed by atoms with Gasteiger partial charge in [0.15, 0.2) is 12.4 Å². The fraction of sp³-hybridized carbons (Fsp3) is 0.0526. The minimum Gasteiger partial charge on any atom is -0.476 e. The second-order valence-corrected chi connectivity index (χ2v) is 6.96. The zero-order valence-electron chi connectivity index (χ0n) is 14.4. The van der Waals surface area contributed by atoms with Crippen molar-refractivity contribution in [1.29, 1.82) is 5.26 Å². The Morgan fingerprint density at radius 2 is 1.93 bits per heavy atom. The highest BCUT2D eigenvalue weighted by Crippen LogP contribution is 2.35. The topological polar surface area (TPSA) is 99.5 Å². The van der Waals surface area contributed by atoms with E-state index in [0.29, 0.717) is 10.0 Å². The third-order valence-corrected chi connectivity index (χ3v) is 4.67. The average Bonchev–Trinajstić information content (AvgIpc) is 2.66. The molecule has 1 fully saturated rings. The van der Waals surface area contributed by atoms with E-state index in [2.05, 4.69) is 21.2 Å². The molecular weight excluding hydrogens is 469 g/mol. The number of ether oxygens (including phenoxy) is 1. The van der Waals surface area contributed by atoms with E-state index in [1.165, 1.54) is 30.3 Å². The molecule has 3 rings (SSSR count). The van der Waals surface area contributed by atoms with Crippen LogP contribution in [0.15, 0.2) is 46.4 Å². The molecule has 0 aromatic heterocycles. The van der Waals surface area contributed by atoms with Crippen molar-refractivity contribution in [2.24, 2.45) is 0 Å². The number of carbonyl (C=O) groups is 3. The molecule has 7 nitrogen and oxygen atoms in total. The number of hydrogen-bond donors (Lipinski definition) is 1. The van der Waals surface area contributed by atoms with Gasteiger partial charge in [0.05, 0.1) is 15.2 Å². The van der Waals surface area contributed by atoms with Crippen molar-refractivity contribution in [3.05, 3.63) is 62.8 Å². The molecule has 29 heavy (non-hydrogen) atoms. The number of imide groups is 2. The lowest BCUT2D eigenvalue weighted by atomic mass is 10.1. The van der Waals surface area contributed by atoms with Gasteiger partial charge in [-0.25, -0.2) is 14.1 Å². The summed E-state index contributed by atoms with van der Waals surface area (Å²) in [5, 5.41) is 10.8. The van der Waals surface area contributed by atoms with Gasteiger partial charge in [-0.05, 0) is 64.0 Å². The summed E-state index contributed by atoms with van der Waals surface area (Å²) < 4.78 is 18.8. The number of anilines is 1. The van der Waals surface area contributed by atoms with E-state index in [-0.39, 0.29) is 28.6 Å². The van der Waals surface area contributed by atoms with Crippen LogP contribution >= 0.6 is 27.5 Å². The molecule has 4 amide bonds. The van der Waals surface area contributed by atoms with Crippen molar-refractivity contribution in [2.45, 2.75) is 0 Å². The van der Waals surface area contributed by atoms with Crippen LogP contribution in [0.4, 0.5) is 14.9 Å². The van der Waals surface area contributed by atoms with Crippen LogP contribution in [0, 0.1) is 17.1 Å². The Morgan fingerprint density at radius 1 is 1.24 bits per heavy atom. The van der Waals surface area contributed by atoms with Crippen LogP contribution in [0.3, 0.4) is 0 Å². The minimum atomic E-state index is -0.941. The van der Waals surface area contributed by atoms with Crippen molar-refractivity contribution in [2.75, 3.05) is 11.5 Å². The highest BCUT2D eigenvalue weighted by atomic mass is 79.9. The summed E-state index contributed by atoms with van der Waals surface area (Å²) in [5.41, 5.74) is 0.160. The van der Waals surface area contributed by atoms with Gasteiger partial charge in [0.2, 0.25) is 0 Å². The molecule has 1 saturated heterocycles. The lowest BCUT2D eigenvalue weighted by Gasteiger charge is -2.26. The van der Waals surface area contributed by atoms with Gasteiger partial charge in [0.1, 0.15) is 17.5 Å². The fourth-order valence-corrected chi connectivity index (χ4v) is 3.54. The van der Waals surface area contributed by atoms with Crippen molar-refractivity contribution < 1.29 is 23.5 Å². The normalized spacial score (nSPS) is 15.3. The summed E-state index contributed by atoms with van der Waals surface area (Å²) >= 11 is 9.40. The van der Waals surface area contributed by atoms with E-state index >= 15 is 0 Å². The SMILES string of the molecule is N#CCOc1c(Cl)cc(/C=C2\C(=O)NC(=O)N(c3ccc(F)cc3)C2=O)cc1Br. The maximum Gasteiger partial charge on any atom is 0.335 e. The summed E-state index contributed by atoms with van der Waals surface area (Å²) in [4.78, 5) is 37.9. The highest BCUT2D eigenvalue weighted by molar-refractivity contribution is 9.10. The molecule has 0 aliphatic carbocycles. The van der Waals surface area contributed by atoms with Gasteiger partial charge in [0.25, 0.3) is 11.8 Å². The Kier molecular flexibility index (Phi) is 5.96. The number of hydrogen-bond acceptors (Lipinski definition) is 5. The van der Waals surface area contributed by atoms with Crippen molar-refractivity contribution in [3.63, 3.8) is 0 Å². The number of rotatable bonds is 4. The number of carbonyl (C=O) groups excluding carboxylic acids is 3. The third-order valence-electron chi connectivity index (χ3n) is 3.80. The second-order valence-electron chi connectivity index (χ2n) is 5.69. The maximum absolute atomic E-state index is 13.1. The number of urea groups is 1. The molecule has 0 unspecified atom stereocenters. The van der Waals surface area contributed by atoms with Gasteiger partial charge in [-0.15, -0.1) is 0 Å². The molecule has 0 radical (unpaired) electrons. The van der Waals surface area contributed by atoms with E-state index < -0.39 is 23.7 Å². The van der Waals surface area contributed by atoms with Crippen LogP contribution in [0.2, 0.25) is 5.02 Å². The Morgan fingerprint density at radius 3 is 2.55 bits per heavy atom. The van der Waals surface area contributed by atoms with Crippen LogP contribution in [0.5, 0.6) is 5.75 Å². The van der Waals surface area contributed by atoms with Gasteiger partial charge < -0.3 is 4.74 Å². The molecule has 1 N–H and O–H groups in total. The van der Waals surface area contributed by atoms with E-state index in [1.807, 2.05) is 6.07 Å². The first-order valence-electron chi connectivity index (χ1n) is 7.97. The molecule has 0 atom stereocenters.